The van der Waals surface area contributed by atoms with Crippen LogP contribution >= 0.6 is 0 Å². The molecule has 11 heavy (non-hydrogen) atoms. The van der Waals surface area contributed by atoms with Crippen LogP contribution in [0.4, 0.5) is 0 Å². The molecule has 2 nitrogen and oxygen atoms in total. The van der Waals surface area contributed by atoms with E-state index in [1.807, 2.05) is 6.92 Å². The molecule has 0 atom stereocenters. The molecule has 0 radical (unpaired) electrons. The van der Waals surface area contributed by atoms with E-state index < -0.39 is 5.79 Å². The van der Waals surface area contributed by atoms with Gasteiger partial charge < -0.3 is 0 Å². The predicted molar refractivity (Wildman–Crippen MR) is 43.8 cm³/mol. The summed E-state index contributed by atoms with van der Waals surface area (Å²) in [6.07, 6.45) is 0.788. The molecule has 2 heteroatoms. The van der Waals surface area contributed by atoms with Crippen LogP contribution in [0, 0.1) is 5.41 Å². The molecular formula is C9H16O2. The van der Waals surface area contributed by atoms with E-state index in [2.05, 4.69) is 27.4 Å². The molecule has 0 amide bonds. The van der Waals surface area contributed by atoms with E-state index in [0.29, 0.717) is 0 Å². The molecular weight excluding hydrogens is 140 g/mol. The second-order valence-electron chi connectivity index (χ2n) is 4.30. The first kappa shape index (κ1) is 8.75. The van der Waals surface area contributed by atoms with E-state index in [9.17, 15) is 0 Å². The van der Waals surface area contributed by atoms with Crippen LogP contribution in [0.5, 0.6) is 0 Å². The van der Waals surface area contributed by atoms with Crippen molar-refractivity contribution in [3.05, 3.63) is 12.2 Å². The largest absolute Gasteiger partial charge is 0.242 e. The Balaban J connectivity index is 2.61. The van der Waals surface area contributed by atoms with E-state index in [0.717, 1.165) is 12.0 Å². The van der Waals surface area contributed by atoms with Gasteiger partial charge in [-0.05, 0) is 6.92 Å². The highest BCUT2D eigenvalue weighted by atomic mass is 17.4. The summed E-state index contributed by atoms with van der Waals surface area (Å²) in [6.45, 7) is 12.1. The molecule has 1 heterocycles. The van der Waals surface area contributed by atoms with Crippen LogP contribution in [-0.2, 0) is 9.78 Å². The summed E-state index contributed by atoms with van der Waals surface area (Å²) < 4.78 is 0. The summed E-state index contributed by atoms with van der Waals surface area (Å²) >= 11 is 0. The summed E-state index contributed by atoms with van der Waals surface area (Å²) in [5, 5.41) is 0. The second kappa shape index (κ2) is 2.32. The summed E-state index contributed by atoms with van der Waals surface area (Å²) in [7, 11) is 0. The maximum Gasteiger partial charge on any atom is 0.242 e. The maximum absolute atomic E-state index is 5.01. The average molecular weight is 156 g/mol. The van der Waals surface area contributed by atoms with Gasteiger partial charge in [-0.1, -0.05) is 32.9 Å². The molecule has 0 aliphatic carbocycles. The lowest BCUT2D eigenvalue weighted by Crippen LogP contribution is -2.29. The molecule has 0 N–H and O–H groups in total. The van der Waals surface area contributed by atoms with Gasteiger partial charge in [0.15, 0.2) is 0 Å². The molecule has 0 aromatic carbocycles. The molecule has 1 rings (SSSR count). The number of hydrogen-bond acceptors (Lipinski definition) is 2. The molecule has 1 aliphatic heterocycles. The van der Waals surface area contributed by atoms with Gasteiger partial charge in [0.2, 0.25) is 5.79 Å². The zero-order chi connectivity index (χ0) is 8.70. The monoisotopic (exact) mass is 156 g/mol. The van der Waals surface area contributed by atoms with E-state index >= 15 is 0 Å². The van der Waals surface area contributed by atoms with Crippen LogP contribution in [0.2, 0.25) is 0 Å². The highest BCUT2D eigenvalue weighted by Crippen LogP contribution is 2.49. The Kier molecular flexibility index (Phi) is 1.85. The molecule has 0 aromatic rings. The minimum Gasteiger partial charge on any atom is -0.194 e. The molecule has 1 aliphatic rings. The van der Waals surface area contributed by atoms with Crippen LogP contribution in [0.3, 0.4) is 0 Å². The van der Waals surface area contributed by atoms with E-state index in [1.54, 1.807) is 0 Å². The van der Waals surface area contributed by atoms with Gasteiger partial charge in [-0.15, -0.1) is 0 Å². The summed E-state index contributed by atoms with van der Waals surface area (Å²) in [5.74, 6) is -0.390. The molecule has 1 saturated heterocycles. The second-order valence-corrected chi connectivity index (χ2v) is 4.30. The van der Waals surface area contributed by atoms with Crippen LogP contribution in [0.1, 0.15) is 34.1 Å². The topological polar surface area (TPSA) is 25.1 Å². The van der Waals surface area contributed by atoms with E-state index in [1.165, 1.54) is 0 Å². The molecule has 0 spiro atoms. The molecule has 0 aromatic heterocycles. The lowest BCUT2D eigenvalue weighted by Gasteiger charge is -2.22. The van der Waals surface area contributed by atoms with Gasteiger partial charge in [0, 0.05) is 11.8 Å². The SMILES string of the molecule is C=C(C)CC1(C(C)(C)C)OO1. The fraction of sp³-hybridized carbons (Fsp3) is 0.778. The van der Waals surface area contributed by atoms with Gasteiger partial charge in [-0.2, -0.15) is 9.78 Å². The van der Waals surface area contributed by atoms with Crippen molar-refractivity contribution in [2.75, 3.05) is 0 Å². The summed E-state index contributed by atoms with van der Waals surface area (Å²) in [4.78, 5) is 10.0. The van der Waals surface area contributed by atoms with E-state index in [4.69, 9.17) is 9.78 Å². The van der Waals surface area contributed by atoms with Crippen LogP contribution < -0.4 is 0 Å². The molecule has 0 unspecified atom stereocenters. The van der Waals surface area contributed by atoms with Crippen LogP contribution in [0.15, 0.2) is 12.2 Å². The third-order valence-corrected chi connectivity index (χ3v) is 1.96. The van der Waals surface area contributed by atoms with Crippen molar-refractivity contribution in [2.24, 2.45) is 5.41 Å². The van der Waals surface area contributed by atoms with Gasteiger partial charge in [-0.3, -0.25) is 0 Å². The van der Waals surface area contributed by atoms with Crippen molar-refractivity contribution in [3.63, 3.8) is 0 Å². The lowest BCUT2D eigenvalue weighted by atomic mass is 9.83. The zero-order valence-electron chi connectivity index (χ0n) is 7.73. The Morgan fingerprint density at radius 3 is 1.91 bits per heavy atom. The van der Waals surface area contributed by atoms with Crippen molar-refractivity contribution in [1.29, 1.82) is 0 Å². The van der Waals surface area contributed by atoms with Crippen LogP contribution in [-0.4, -0.2) is 5.79 Å². The minimum absolute atomic E-state index is 0.0337. The first-order valence-electron chi connectivity index (χ1n) is 3.89. The number of hydrogen-bond donors (Lipinski definition) is 0. The standard InChI is InChI=1S/C9H16O2/c1-7(2)6-9(10-11-9)8(3,4)5/h1,6H2,2-5H3. The van der Waals surface area contributed by atoms with Crippen molar-refractivity contribution in [3.8, 4) is 0 Å². The maximum atomic E-state index is 5.01. The third kappa shape index (κ3) is 1.63. The number of rotatable bonds is 2. The highest BCUT2D eigenvalue weighted by Gasteiger charge is 2.58. The van der Waals surface area contributed by atoms with Gasteiger partial charge in [0.1, 0.15) is 0 Å². The Morgan fingerprint density at radius 2 is 1.82 bits per heavy atom. The summed E-state index contributed by atoms with van der Waals surface area (Å²) in [5.41, 5.74) is 1.13. The first-order valence-corrected chi connectivity index (χ1v) is 3.89. The summed E-state index contributed by atoms with van der Waals surface area (Å²) in [6, 6.07) is 0. The van der Waals surface area contributed by atoms with E-state index in [-0.39, 0.29) is 5.41 Å². The molecule has 1 fully saturated rings. The van der Waals surface area contributed by atoms with Gasteiger partial charge in [-0.25, -0.2) is 0 Å². The zero-order valence-corrected chi connectivity index (χ0v) is 7.73. The van der Waals surface area contributed by atoms with Crippen molar-refractivity contribution >= 4 is 0 Å². The van der Waals surface area contributed by atoms with Gasteiger partial charge in [0.05, 0.1) is 0 Å². The van der Waals surface area contributed by atoms with Crippen molar-refractivity contribution in [1.82, 2.24) is 0 Å². The first-order chi connectivity index (χ1) is 4.87. The molecule has 64 valence electrons. The Labute approximate surface area is 68.1 Å². The lowest BCUT2D eigenvalue weighted by molar-refractivity contribution is 0.0850. The Morgan fingerprint density at radius 1 is 1.36 bits per heavy atom. The quantitative estimate of drug-likeness (QED) is 0.349. The molecule has 0 saturated carbocycles. The third-order valence-electron chi connectivity index (χ3n) is 1.96. The Hall–Kier alpha value is -0.340. The smallest absolute Gasteiger partial charge is 0.194 e. The predicted octanol–water partition coefficient (Wildman–Crippen LogP) is 2.66. The van der Waals surface area contributed by atoms with Gasteiger partial charge in [0.25, 0.3) is 0 Å². The highest BCUT2D eigenvalue weighted by molar-refractivity contribution is 5.01. The Bertz CT molecular complexity index is 172. The molecule has 0 bridgehead atoms. The fourth-order valence-corrected chi connectivity index (χ4v) is 1.02. The minimum atomic E-state index is -0.390. The fourth-order valence-electron chi connectivity index (χ4n) is 1.02. The normalized spacial score (nSPS) is 21.5. The average Bonchev–Trinajstić information content (AvgIpc) is 2.42. The van der Waals surface area contributed by atoms with Crippen LogP contribution in [0.25, 0.3) is 0 Å². The van der Waals surface area contributed by atoms with Crippen molar-refractivity contribution < 1.29 is 9.78 Å². The van der Waals surface area contributed by atoms with Gasteiger partial charge >= 0.3 is 0 Å². The van der Waals surface area contributed by atoms with Crippen molar-refractivity contribution in [2.45, 2.75) is 39.9 Å².